The zero-order valence-electron chi connectivity index (χ0n) is 10.9. The number of aliphatic carboxylic acids is 1. The Morgan fingerprint density at radius 2 is 1.95 bits per heavy atom. The number of amides is 1. The van der Waals surface area contributed by atoms with Gasteiger partial charge in [-0.25, -0.2) is 4.79 Å². The van der Waals surface area contributed by atoms with Gasteiger partial charge in [-0.2, -0.15) is 0 Å². The molecule has 0 spiro atoms. The van der Waals surface area contributed by atoms with Crippen molar-refractivity contribution in [2.24, 2.45) is 0 Å². The van der Waals surface area contributed by atoms with Crippen molar-refractivity contribution in [3.63, 3.8) is 0 Å². The van der Waals surface area contributed by atoms with Crippen LogP contribution in [0.15, 0.2) is 24.3 Å². The molecule has 0 aliphatic rings. The number of carboxylic acid groups (broad SMARTS) is 1. The van der Waals surface area contributed by atoms with Gasteiger partial charge in [-0.1, -0.05) is 0 Å². The zero-order valence-corrected chi connectivity index (χ0v) is 10.9. The van der Waals surface area contributed by atoms with Crippen molar-refractivity contribution >= 4 is 17.6 Å². The highest BCUT2D eigenvalue weighted by atomic mass is 16.4. The molecule has 0 radical (unpaired) electrons. The van der Waals surface area contributed by atoms with Gasteiger partial charge < -0.3 is 15.3 Å². The summed E-state index contributed by atoms with van der Waals surface area (Å²) < 4.78 is 0. The maximum absolute atomic E-state index is 11.9. The summed E-state index contributed by atoms with van der Waals surface area (Å²) in [6.07, 6.45) is 5.02. The minimum atomic E-state index is -1.14. The Kier molecular flexibility index (Phi) is 4.95. The summed E-state index contributed by atoms with van der Waals surface area (Å²) in [6, 6.07) is 5.78. The van der Waals surface area contributed by atoms with Gasteiger partial charge in [0, 0.05) is 31.8 Å². The van der Waals surface area contributed by atoms with Crippen LogP contribution in [0.1, 0.15) is 16.8 Å². The van der Waals surface area contributed by atoms with Gasteiger partial charge in [0.2, 0.25) is 0 Å². The van der Waals surface area contributed by atoms with E-state index in [1.165, 1.54) is 0 Å². The molecule has 1 aromatic rings. The first-order chi connectivity index (χ1) is 8.95. The van der Waals surface area contributed by atoms with E-state index in [0.29, 0.717) is 5.56 Å². The number of carbonyl (C=O) groups excluding carboxylic acids is 1. The Hall–Kier alpha value is -2.48. The molecule has 2 N–H and O–H groups in total. The zero-order chi connectivity index (χ0) is 14.4. The van der Waals surface area contributed by atoms with Gasteiger partial charge in [0.1, 0.15) is 6.04 Å². The summed E-state index contributed by atoms with van der Waals surface area (Å²) in [6.45, 7) is 0. The average Bonchev–Trinajstić information content (AvgIpc) is 2.38. The van der Waals surface area contributed by atoms with Gasteiger partial charge >= 0.3 is 5.97 Å². The highest BCUT2D eigenvalue weighted by molar-refractivity contribution is 5.96. The molecular weight excluding hydrogens is 244 g/mol. The summed E-state index contributed by atoms with van der Waals surface area (Å²) in [4.78, 5) is 24.6. The molecule has 0 saturated carbocycles. The van der Waals surface area contributed by atoms with Crippen LogP contribution in [0.5, 0.6) is 0 Å². The summed E-state index contributed by atoms with van der Waals surface area (Å²) in [5.74, 6) is 0.634. The van der Waals surface area contributed by atoms with E-state index in [1.54, 1.807) is 24.3 Å². The molecule has 19 heavy (non-hydrogen) atoms. The lowest BCUT2D eigenvalue weighted by atomic mass is 10.1. The molecule has 0 fully saturated rings. The second kappa shape index (κ2) is 6.45. The van der Waals surface area contributed by atoms with E-state index in [2.05, 4.69) is 11.2 Å². The summed E-state index contributed by atoms with van der Waals surface area (Å²) in [5.41, 5.74) is 1.35. The SMILES string of the molecule is C#CCC(NC(=O)c1ccc(N(C)C)cc1)C(=O)O. The molecular formula is C14H16N2O3. The maximum Gasteiger partial charge on any atom is 0.327 e. The van der Waals surface area contributed by atoms with Crippen LogP contribution in [0.2, 0.25) is 0 Å². The van der Waals surface area contributed by atoms with Crippen LogP contribution in [0.25, 0.3) is 0 Å². The number of hydrogen-bond donors (Lipinski definition) is 2. The van der Waals surface area contributed by atoms with Crippen molar-refractivity contribution in [3.8, 4) is 12.3 Å². The van der Waals surface area contributed by atoms with Crippen LogP contribution in [0.3, 0.4) is 0 Å². The van der Waals surface area contributed by atoms with Crippen molar-refractivity contribution in [3.05, 3.63) is 29.8 Å². The number of carbonyl (C=O) groups is 2. The van der Waals surface area contributed by atoms with Crippen LogP contribution in [-0.2, 0) is 4.79 Å². The van der Waals surface area contributed by atoms with Crippen molar-refractivity contribution in [2.75, 3.05) is 19.0 Å². The molecule has 0 heterocycles. The number of hydrogen-bond acceptors (Lipinski definition) is 3. The maximum atomic E-state index is 11.9. The van der Waals surface area contributed by atoms with E-state index < -0.39 is 17.9 Å². The molecule has 0 saturated heterocycles. The largest absolute Gasteiger partial charge is 0.480 e. The Bertz CT molecular complexity index is 500. The number of nitrogens with one attached hydrogen (secondary N) is 1. The molecule has 0 aromatic heterocycles. The highest BCUT2D eigenvalue weighted by Gasteiger charge is 2.19. The molecule has 5 heteroatoms. The Labute approximate surface area is 112 Å². The molecule has 0 aliphatic heterocycles. The molecule has 1 atom stereocenters. The molecule has 0 bridgehead atoms. The summed E-state index contributed by atoms with van der Waals surface area (Å²) in [5, 5.41) is 11.3. The van der Waals surface area contributed by atoms with Gasteiger partial charge in [-0.3, -0.25) is 4.79 Å². The van der Waals surface area contributed by atoms with Crippen LogP contribution < -0.4 is 10.2 Å². The third-order valence-electron chi connectivity index (χ3n) is 2.57. The van der Waals surface area contributed by atoms with Crippen LogP contribution in [0, 0.1) is 12.3 Å². The topological polar surface area (TPSA) is 69.6 Å². The van der Waals surface area contributed by atoms with Gasteiger partial charge in [0.25, 0.3) is 5.91 Å². The number of anilines is 1. The number of rotatable bonds is 5. The smallest absolute Gasteiger partial charge is 0.327 e. The molecule has 1 unspecified atom stereocenters. The normalized spacial score (nSPS) is 11.2. The van der Waals surface area contributed by atoms with E-state index in [9.17, 15) is 9.59 Å². The van der Waals surface area contributed by atoms with Crippen molar-refractivity contribution in [1.82, 2.24) is 5.32 Å². The highest BCUT2D eigenvalue weighted by Crippen LogP contribution is 2.12. The van der Waals surface area contributed by atoms with Crippen LogP contribution in [0.4, 0.5) is 5.69 Å². The fraction of sp³-hybridized carbons (Fsp3) is 0.286. The average molecular weight is 260 g/mol. The van der Waals surface area contributed by atoms with Gasteiger partial charge in [-0.05, 0) is 24.3 Å². The van der Waals surface area contributed by atoms with Gasteiger partial charge in [-0.15, -0.1) is 12.3 Å². The second-order valence-electron chi connectivity index (χ2n) is 4.21. The van der Waals surface area contributed by atoms with Crippen LogP contribution >= 0.6 is 0 Å². The minimum absolute atomic E-state index is 0.0448. The molecule has 100 valence electrons. The van der Waals surface area contributed by atoms with E-state index in [4.69, 9.17) is 11.5 Å². The first-order valence-corrected chi connectivity index (χ1v) is 5.70. The second-order valence-corrected chi connectivity index (χ2v) is 4.21. The summed E-state index contributed by atoms with van der Waals surface area (Å²) in [7, 11) is 3.78. The molecule has 1 amide bonds. The van der Waals surface area contributed by atoms with E-state index >= 15 is 0 Å². The van der Waals surface area contributed by atoms with E-state index in [-0.39, 0.29) is 6.42 Å². The predicted molar refractivity (Wildman–Crippen MR) is 73.1 cm³/mol. The van der Waals surface area contributed by atoms with E-state index in [0.717, 1.165) is 5.69 Å². The number of nitrogens with zero attached hydrogens (tertiary/aromatic N) is 1. The summed E-state index contributed by atoms with van der Waals surface area (Å²) >= 11 is 0. The molecule has 0 aliphatic carbocycles. The molecule has 1 rings (SSSR count). The Morgan fingerprint density at radius 3 is 2.37 bits per heavy atom. The van der Waals surface area contributed by atoms with Gasteiger partial charge in [0.05, 0.1) is 0 Å². The number of benzene rings is 1. The number of carboxylic acids is 1. The van der Waals surface area contributed by atoms with Gasteiger partial charge in [0.15, 0.2) is 0 Å². The molecule has 5 nitrogen and oxygen atoms in total. The molecule has 1 aromatic carbocycles. The monoisotopic (exact) mass is 260 g/mol. The minimum Gasteiger partial charge on any atom is -0.480 e. The third-order valence-corrected chi connectivity index (χ3v) is 2.57. The Balaban J connectivity index is 2.77. The predicted octanol–water partition coefficient (Wildman–Crippen LogP) is 0.959. The Morgan fingerprint density at radius 1 is 1.37 bits per heavy atom. The number of terminal acetylenes is 1. The fourth-order valence-corrected chi connectivity index (χ4v) is 1.47. The van der Waals surface area contributed by atoms with Crippen molar-refractivity contribution in [2.45, 2.75) is 12.5 Å². The van der Waals surface area contributed by atoms with Crippen molar-refractivity contribution in [1.29, 1.82) is 0 Å². The lowest BCUT2D eigenvalue weighted by Gasteiger charge is -2.14. The van der Waals surface area contributed by atoms with Crippen LogP contribution in [-0.4, -0.2) is 37.1 Å². The third kappa shape index (κ3) is 4.03. The lowest BCUT2D eigenvalue weighted by molar-refractivity contribution is -0.139. The first-order valence-electron chi connectivity index (χ1n) is 5.70. The fourth-order valence-electron chi connectivity index (χ4n) is 1.47. The quantitative estimate of drug-likeness (QED) is 0.774. The first kappa shape index (κ1) is 14.6. The standard InChI is InChI=1S/C14H16N2O3/c1-4-5-12(14(18)19)15-13(17)10-6-8-11(9-7-10)16(2)3/h1,6-9,12H,5H2,2-3H3,(H,15,17)(H,18,19). The van der Waals surface area contributed by atoms with E-state index in [1.807, 2.05) is 19.0 Å². The lowest BCUT2D eigenvalue weighted by Crippen LogP contribution is -2.40. The van der Waals surface area contributed by atoms with Crippen molar-refractivity contribution < 1.29 is 14.7 Å².